The SMILES string of the molecule is CC(C)c1ccc(NC(=O)CN2C(=O)[C@@H](C(=O)N3CCCC3)Sc3ccccc32)cc1. The molecule has 0 radical (unpaired) electrons. The predicted molar refractivity (Wildman–Crippen MR) is 123 cm³/mol. The van der Waals surface area contributed by atoms with Gasteiger partial charge >= 0.3 is 0 Å². The first kappa shape index (κ1) is 21.4. The Hall–Kier alpha value is -2.80. The third-order valence-electron chi connectivity index (χ3n) is 5.70. The van der Waals surface area contributed by atoms with Crippen LogP contribution in [-0.4, -0.2) is 47.5 Å². The fourth-order valence-corrected chi connectivity index (χ4v) is 5.12. The lowest BCUT2D eigenvalue weighted by molar-refractivity contribution is -0.134. The average molecular weight is 438 g/mol. The van der Waals surface area contributed by atoms with E-state index in [0.717, 1.165) is 17.7 Å². The van der Waals surface area contributed by atoms with Crippen LogP contribution in [0.1, 0.15) is 38.2 Å². The number of fused-ring (bicyclic) bond motifs is 1. The lowest BCUT2D eigenvalue weighted by atomic mass is 10.0. The van der Waals surface area contributed by atoms with Gasteiger partial charge in [0.1, 0.15) is 6.54 Å². The molecule has 0 aliphatic carbocycles. The number of hydrogen-bond acceptors (Lipinski definition) is 4. The molecule has 0 spiro atoms. The fourth-order valence-electron chi connectivity index (χ4n) is 3.94. The van der Waals surface area contributed by atoms with E-state index in [0.29, 0.717) is 30.4 Å². The van der Waals surface area contributed by atoms with Crippen molar-refractivity contribution in [3.05, 3.63) is 54.1 Å². The number of carbonyl (C=O) groups is 3. The monoisotopic (exact) mass is 437 g/mol. The number of amides is 3. The lowest BCUT2D eigenvalue weighted by Gasteiger charge is -2.34. The van der Waals surface area contributed by atoms with Crippen molar-refractivity contribution in [2.24, 2.45) is 0 Å². The number of anilines is 2. The van der Waals surface area contributed by atoms with Crippen LogP contribution < -0.4 is 10.2 Å². The highest BCUT2D eigenvalue weighted by molar-refractivity contribution is 8.01. The first-order valence-corrected chi connectivity index (χ1v) is 11.6. The highest BCUT2D eigenvalue weighted by Crippen LogP contribution is 2.40. The zero-order valence-corrected chi connectivity index (χ0v) is 18.7. The van der Waals surface area contributed by atoms with E-state index in [4.69, 9.17) is 0 Å². The average Bonchev–Trinajstić information content (AvgIpc) is 3.30. The summed E-state index contributed by atoms with van der Waals surface area (Å²) in [6.45, 7) is 5.48. The molecule has 1 atom stereocenters. The maximum Gasteiger partial charge on any atom is 0.250 e. The van der Waals surface area contributed by atoms with Crippen molar-refractivity contribution in [1.29, 1.82) is 0 Å². The van der Waals surface area contributed by atoms with Gasteiger partial charge in [0.25, 0.3) is 5.91 Å². The third kappa shape index (κ3) is 4.61. The Labute approximate surface area is 187 Å². The molecule has 0 saturated carbocycles. The summed E-state index contributed by atoms with van der Waals surface area (Å²) in [5.74, 6) is -0.364. The number of nitrogens with one attached hydrogen (secondary N) is 1. The minimum absolute atomic E-state index is 0.133. The molecule has 31 heavy (non-hydrogen) atoms. The first-order valence-electron chi connectivity index (χ1n) is 10.7. The van der Waals surface area contributed by atoms with Gasteiger partial charge in [-0.25, -0.2) is 0 Å². The van der Waals surface area contributed by atoms with Crippen LogP contribution in [0, 0.1) is 0 Å². The number of thioether (sulfide) groups is 1. The molecule has 3 amide bonds. The van der Waals surface area contributed by atoms with Crippen LogP contribution in [0.4, 0.5) is 11.4 Å². The summed E-state index contributed by atoms with van der Waals surface area (Å²) in [6, 6.07) is 15.2. The van der Waals surface area contributed by atoms with Gasteiger partial charge in [0.05, 0.1) is 5.69 Å². The molecule has 4 rings (SSSR count). The minimum atomic E-state index is -0.842. The Morgan fingerprint density at radius 1 is 1.06 bits per heavy atom. The molecule has 1 fully saturated rings. The van der Waals surface area contributed by atoms with Crippen molar-refractivity contribution in [2.45, 2.75) is 42.8 Å². The normalized spacial score (nSPS) is 18.3. The molecule has 2 aliphatic rings. The van der Waals surface area contributed by atoms with Crippen molar-refractivity contribution < 1.29 is 14.4 Å². The highest BCUT2D eigenvalue weighted by Gasteiger charge is 2.41. The van der Waals surface area contributed by atoms with E-state index >= 15 is 0 Å². The molecule has 1 N–H and O–H groups in total. The summed E-state index contributed by atoms with van der Waals surface area (Å²) in [4.78, 5) is 43.1. The zero-order chi connectivity index (χ0) is 22.0. The van der Waals surface area contributed by atoms with Crippen molar-refractivity contribution >= 4 is 40.9 Å². The largest absolute Gasteiger partial charge is 0.341 e. The van der Waals surface area contributed by atoms with E-state index in [1.54, 1.807) is 4.90 Å². The first-order chi connectivity index (χ1) is 14.9. The van der Waals surface area contributed by atoms with Gasteiger partial charge in [-0.2, -0.15) is 0 Å². The van der Waals surface area contributed by atoms with Gasteiger partial charge in [-0.05, 0) is 48.6 Å². The van der Waals surface area contributed by atoms with Crippen LogP contribution in [-0.2, 0) is 14.4 Å². The second kappa shape index (κ2) is 9.14. The van der Waals surface area contributed by atoms with Crippen molar-refractivity contribution in [3.63, 3.8) is 0 Å². The van der Waals surface area contributed by atoms with Gasteiger partial charge in [-0.15, -0.1) is 11.8 Å². The predicted octanol–water partition coefficient (Wildman–Crippen LogP) is 3.88. The van der Waals surface area contributed by atoms with Crippen LogP contribution in [0.25, 0.3) is 0 Å². The highest BCUT2D eigenvalue weighted by atomic mass is 32.2. The summed E-state index contributed by atoms with van der Waals surface area (Å²) >= 11 is 1.29. The van der Waals surface area contributed by atoms with E-state index in [1.807, 2.05) is 48.5 Å². The lowest BCUT2D eigenvalue weighted by Crippen LogP contribution is -2.51. The van der Waals surface area contributed by atoms with Crippen LogP contribution in [0.2, 0.25) is 0 Å². The minimum Gasteiger partial charge on any atom is -0.341 e. The number of likely N-dealkylation sites (tertiary alicyclic amines) is 1. The Morgan fingerprint density at radius 2 is 1.74 bits per heavy atom. The Morgan fingerprint density at radius 3 is 2.42 bits per heavy atom. The molecular weight excluding hydrogens is 410 g/mol. The summed E-state index contributed by atoms with van der Waals surface area (Å²) in [7, 11) is 0. The molecule has 1 saturated heterocycles. The van der Waals surface area contributed by atoms with Crippen molar-refractivity contribution in [3.8, 4) is 0 Å². The Kier molecular flexibility index (Phi) is 6.32. The molecule has 2 heterocycles. The number of carbonyl (C=O) groups excluding carboxylic acids is 3. The van der Waals surface area contributed by atoms with E-state index in [9.17, 15) is 14.4 Å². The van der Waals surface area contributed by atoms with Crippen molar-refractivity contribution in [2.75, 3.05) is 29.9 Å². The molecule has 6 nitrogen and oxygen atoms in total. The fraction of sp³-hybridized carbons (Fsp3) is 0.375. The van der Waals surface area contributed by atoms with Crippen LogP contribution in [0.3, 0.4) is 0 Å². The van der Waals surface area contributed by atoms with E-state index < -0.39 is 5.25 Å². The molecular formula is C24H27N3O3S. The quantitative estimate of drug-likeness (QED) is 0.721. The van der Waals surface area contributed by atoms with Crippen LogP contribution in [0.15, 0.2) is 53.4 Å². The summed E-state index contributed by atoms with van der Waals surface area (Å²) in [5.41, 5.74) is 2.55. The maximum absolute atomic E-state index is 13.3. The topological polar surface area (TPSA) is 69.7 Å². The molecule has 0 aromatic heterocycles. The molecule has 0 bridgehead atoms. The molecule has 2 aliphatic heterocycles. The van der Waals surface area contributed by atoms with E-state index in [2.05, 4.69) is 19.2 Å². The molecule has 162 valence electrons. The van der Waals surface area contributed by atoms with Gasteiger partial charge in [-0.3, -0.25) is 14.4 Å². The summed E-state index contributed by atoms with van der Waals surface area (Å²) in [5, 5.41) is 2.03. The van der Waals surface area contributed by atoms with Crippen molar-refractivity contribution in [1.82, 2.24) is 4.90 Å². The van der Waals surface area contributed by atoms with Gasteiger partial charge in [-0.1, -0.05) is 38.1 Å². The second-order valence-electron chi connectivity index (χ2n) is 8.25. The van der Waals surface area contributed by atoms with Gasteiger partial charge in [0.15, 0.2) is 5.25 Å². The van der Waals surface area contributed by atoms with Crippen LogP contribution >= 0.6 is 11.8 Å². The Bertz CT molecular complexity index is 984. The van der Waals surface area contributed by atoms with E-state index in [1.165, 1.54) is 22.2 Å². The van der Waals surface area contributed by atoms with Gasteiger partial charge < -0.3 is 15.1 Å². The number of hydrogen-bond donors (Lipinski definition) is 1. The molecule has 2 aromatic carbocycles. The summed E-state index contributed by atoms with van der Waals surface area (Å²) < 4.78 is 0. The summed E-state index contributed by atoms with van der Waals surface area (Å²) in [6.07, 6.45) is 1.94. The zero-order valence-electron chi connectivity index (χ0n) is 17.8. The second-order valence-corrected chi connectivity index (χ2v) is 9.39. The van der Waals surface area contributed by atoms with Crippen LogP contribution in [0.5, 0.6) is 0 Å². The number of para-hydroxylation sites is 1. The Balaban J connectivity index is 1.51. The van der Waals surface area contributed by atoms with Gasteiger partial charge in [0, 0.05) is 23.7 Å². The smallest absolute Gasteiger partial charge is 0.250 e. The molecule has 7 heteroatoms. The maximum atomic E-state index is 13.3. The van der Waals surface area contributed by atoms with E-state index in [-0.39, 0.29) is 24.3 Å². The third-order valence-corrected chi connectivity index (χ3v) is 6.93. The van der Waals surface area contributed by atoms with Gasteiger partial charge in [0.2, 0.25) is 11.8 Å². The molecule has 0 unspecified atom stereocenters. The number of benzene rings is 2. The molecule has 2 aromatic rings. The standard InChI is InChI=1S/C24H27N3O3S/c1-16(2)17-9-11-18(12-10-17)25-21(28)15-27-19-7-3-4-8-20(19)31-22(24(27)30)23(29)26-13-5-6-14-26/h3-4,7-12,16,22H,5-6,13-15H2,1-2H3,(H,25,28)/t22-/m1/s1. The number of rotatable bonds is 5. The number of nitrogens with zero attached hydrogens (tertiary/aromatic N) is 2.